The predicted octanol–water partition coefficient (Wildman–Crippen LogP) is 4.55. The van der Waals surface area contributed by atoms with E-state index in [9.17, 15) is 5.26 Å². The van der Waals surface area contributed by atoms with Crippen LogP contribution < -0.4 is 10.5 Å². The number of fused-ring (bicyclic) bond motifs is 1. The number of nitrogens with one attached hydrogen (secondary N) is 1. The van der Waals surface area contributed by atoms with E-state index in [4.69, 9.17) is 10.5 Å². The van der Waals surface area contributed by atoms with Gasteiger partial charge < -0.3 is 15.5 Å². The second kappa shape index (κ2) is 7.42. The molecule has 0 saturated heterocycles. The third kappa shape index (κ3) is 4.29. The number of aromatic amines is 1. The zero-order chi connectivity index (χ0) is 19.6. The summed E-state index contributed by atoms with van der Waals surface area (Å²) >= 11 is 0. The number of hydrogen-bond acceptors (Lipinski definition) is 4. The lowest BCUT2D eigenvalue weighted by atomic mass is 9.93. The third-order valence-electron chi connectivity index (χ3n) is 4.51. The Morgan fingerprint density at radius 1 is 1.30 bits per heavy atom. The average Bonchev–Trinajstić information content (AvgIpc) is 2.99. The first kappa shape index (κ1) is 18.9. The summed E-state index contributed by atoms with van der Waals surface area (Å²) in [6.07, 6.45) is 2.63. The van der Waals surface area contributed by atoms with E-state index in [1.54, 1.807) is 6.20 Å². The van der Waals surface area contributed by atoms with Gasteiger partial charge in [-0.05, 0) is 61.6 Å². The molecule has 3 N–H and O–H groups in total. The molecule has 140 valence electrons. The number of nitriles is 1. The number of H-pyrrole nitrogens is 1. The Morgan fingerprint density at radius 2 is 2.07 bits per heavy atom. The van der Waals surface area contributed by atoms with E-state index in [1.165, 1.54) is 0 Å². The van der Waals surface area contributed by atoms with Crippen molar-refractivity contribution in [3.05, 3.63) is 47.8 Å². The van der Waals surface area contributed by atoms with Gasteiger partial charge in [-0.15, -0.1) is 0 Å². The highest BCUT2D eigenvalue weighted by molar-refractivity contribution is 5.93. The monoisotopic (exact) mass is 362 g/mol. The van der Waals surface area contributed by atoms with Crippen molar-refractivity contribution in [1.82, 2.24) is 9.97 Å². The SMILES string of the molecule is Cc1cc2c(-c3ccc(OCC(C)(N)CC(C)C)c(C#N)c3)ccnc2[nH]1. The Bertz CT molecular complexity index is 995. The largest absolute Gasteiger partial charge is 0.490 e. The zero-order valence-corrected chi connectivity index (χ0v) is 16.3. The molecule has 5 nitrogen and oxygen atoms in total. The van der Waals surface area contributed by atoms with Crippen LogP contribution in [0, 0.1) is 24.2 Å². The van der Waals surface area contributed by atoms with Gasteiger partial charge >= 0.3 is 0 Å². The number of nitrogens with two attached hydrogens (primary N) is 1. The first-order valence-electron chi connectivity index (χ1n) is 9.19. The van der Waals surface area contributed by atoms with Crippen LogP contribution in [0.3, 0.4) is 0 Å². The molecule has 5 heteroatoms. The number of nitrogens with zero attached hydrogens (tertiary/aromatic N) is 2. The molecule has 0 aliphatic carbocycles. The maximum absolute atomic E-state index is 9.60. The number of aryl methyl sites for hydroxylation is 1. The fourth-order valence-electron chi connectivity index (χ4n) is 3.55. The average molecular weight is 362 g/mol. The predicted molar refractivity (Wildman–Crippen MR) is 109 cm³/mol. The summed E-state index contributed by atoms with van der Waals surface area (Å²) < 4.78 is 5.91. The molecule has 1 aromatic carbocycles. The van der Waals surface area contributed by atoms with E-state index in [-0.39, 0.29) is 0 Å². The van der Waals surface area contributed by atoms with Crippen LogP contribution in [0.15, 0.2) is 36.5 Å². The summed E-state index contributed by atoms with van der Waals surface area (Å²) in [5.41, 5.74) is 10.3. The van der Waals surface area contributed by atoms with Crippen molar-refractivity contribution in [2.45, 2.75) is 39.7 Å². The van der Waals surface area contributed by atoms with Crippen LogP contribution in [0.2, 0.25) is 0 Å². The molecule has 0 aliphatic heterocycles. The van der Waals surface area contributed by atoms with Gasteiger partial charge in [0.25, 0.3) is 0 Å². The molecule has 0 saturated carbocycles. The van der Waals surface area contributed by atoms with Crippen molar-refractivity contribution in [2.75, 3.05) is 6.61 Å². The molecule has 2 aromatic heterocycles. The van der Waals surface area contributed by atoms with Gasteiger partial charge in [0.15, 0.2) is 0 Å². The molecule has 0 aliphatic rings. The van der Waals surface area contributed by atoms with Gasteiger partial charge in [0.1, 0.15) is 24.1 Å². The first-order valence-corrected chi connectivity index (χ1v) is 9.19. The third-order valence-corrected chi connectivity index (χ3v) is 4.51. The molecule has 27 heavy (non-hydrogen) atoms. The molecule has 0 bridgehead atoms. The second-order valence-electron chi connectivity index (χ2n) is 7.94. The van der Waals surface area contributed by atoms with Crippen LogP contribution in [0.25, 0.3) is 22.2 Å². The van der Waals surface area contributed by atoms with Crippen molar-refractivity contribution < 1.29 is 4.74 Å². The Labute approximate surface area is 160 Å². The van der Waals surface area contributed by atoms with Crippen LogP contribution in [-0.4, -0.2) is 22.1 Å². The molecule has 0 amide bonds. The quantitative estimate of drug-likeness (QED) is 0.673. The Balaban J connectivity index is 1.89. The lowest BCUT2D eigenvalue weighted by Gasteiger charge is -2.26. The van der Waals surface area contributed by atoms with Crippen molar-refractivity contribution >= 4 is 11.0 Å². The van der Waals surface area contributed by atoms with Gasteiger partial charge in [-0.2, -0.15) is 5.26 Å². The van der Waals surface area contributed by atoms with Gasteiger partial charge in [0.2, 0.25) is 0 Å². The molecule has 2 heterocycles. The summed E-state index contributed by atoms with van der Waals surface area (Å²) in [5.74, 6) is 1.05. The number of hydrogen-bond donors (Lipinski definition) is 2. The minimum Gasteiger partial charge on any atom is -0.490 e. The lowest BCUT2D eigenvalue weighted by molar-refractivity contribution is 0.206. The highest BCUT2D eigenvalue weighted by atomic mass is 16.5. The van der Waals surface area contributed by atoms with Crippen LogP contribution >= 0.6 is 0 Å². The zero-order valence-electron chi connectivity index (χ0n) is 16.3. The Hall–Kier alpha value is -2.84. The molecular formula is C22H26N4O. The van der Waals surface area contributed by atoms with E-state index < -0.39 is 5.54 Å². The molecule has 3 aromatic rings. The van der Waals surface area contributed by atoms with Crippen molar-refractivity contribution in [3.63, 3.8) is 0 Å². The van der Waals surface area contributed by atoms with E-state index in [2.05, 4.69) is 36.0 Å². The van der Waals surface area contributed by atoms with Gasteiger partial charge in [0.05, 0.1) is 5.56 Å². The molecule has 1 unspecified atom stereocenters. The lowest BCUT2D eigenvalue weighted by Crippen LogP contribution is -2.43. The molecule has 3 rings (SSSR count). The summed E-state index contributed by atoms with van der Waals surface area (Å²) in [6, 6.07) is 12.0. The van der Waals surface area contributed by atoms with Crippen LogP contribution in [0.4, 0.5) is 0 Å². The smallest absolute Gasteiger partial charge is 0.138 e. The number of benzene rings is 1. The van der Waals surface area contributed by atoms with Gasteiger partial charge in [-0.3, -0.25) is 0 Å². The highest BCUT2D eigenvalue weighted by Crippen LogP contribution is 2.31. The fourth-order valence-corrected chi connectivity index (χ4v) is 3.55. The maximum atomic E-state index is 9.60. The Morgan fingerprint density at radius 3 is 2.78 bits per heavy atom. The normalized spacial score (nSPS) is 13.5. The molecule has 0 radical (unpaired) electrons. The highest BCUT2D eigenvalue weighted by Gasteiger charge is 2.22. The van der Waals surface area contributed by atoms with Crippen LogP contribution in [0.1, 0.15) is 38.4 Å². The topological polar surface area (TPSA) is 87.7 Å². The summed E-state index contributed by atoms with van der Waals surface area (Å²) in [4.78, 5) is 7.62. The first-order chi connectivity index (χ1) is 12.8. The minimum atomic E-state index is -0.431. The number of pyridine rings is 1. The fraction of sp³-hybridized carbons (Fsp3) is 0.364. The van der Waals surface area contributed by atoms with Gasteiger partial charge in [-0.25, -0.2) is 4.98 Å². The summed E-state index contributed by atoms with van der Waals surface area (Å²) in [7, 11) is 0. The van der Waals surface area contributed by atoms with Gasteiger partial charge in [0, 0.05) is 22.8 Å². The number of rotatable bonds is 6. The second-order valence-corrected chi connectivity index (χ2v) is 7.94. The summed E-state index contributed by atoms with van der Waals surface area (Å²) in [6.45, 7) is 8.63. The molecular weight excluding hydrogens is 336 g/mol. The van der Waals surface area contributed by atoms with E-state index >= 15 is 0 Å². The molecule has 0 fully saturated rings. The standard InChI is InChI=1S/C22H26N4O/c1-14(2)11-22(4,24)13-27-20-6-5-16(10-17(20)12-23)18-7-8-25-21-19(18)9-15(3)26-21/h5-10,14H,11,13,24H2,1-4H3,(H,25,26). The van der Waals surface area contributed by atoms with Crippen molar-refractivity contribution in [2.24, 2.45) is 11.7 Å². The van der Waals surface area contributed by atoms with Crippen LogP contribution in [0.5, 0.6) is 5.75 Å². The maximum Gasteiger partial charge on any atom is 0.138 e. The van der Waals surface area contributed by atoms with E-state index in [0.717, 1.165) is 34.3 Å². The van der Waals surface area contributed by atoms with E-state index in [1.807, 2.05) is 38.1 Å². The molecule has 1 atom stereocenters. The van der Waals surface area contributed by atoms with Crippen molar-refractivity contribution in [1.29, 1.82) is 5.26 Å². The van der Waals surface area contributed by atoms with Gasteiger partial charge in [-0.1, -0.05) is 19.9 Å². The Kier molecular flexibility index (Phi) is 5.20. The number of ether oxygens (including phenoxy) is 1. The molecule has 0 spiro atoms. The number of aromatic nitrogens is 2. The van der Waals surface area contributed by atoms with E-state index in [0.29, 0.717) is 23.8 Å². The van der Waals surface area contributed by atoms with Crippen molar-refractivity contribution in [3.8, 4) is 22.9 Å². The minimum absolute atomic E-state index is 0.371. The summed E-state index contributed by atoms with van der Waals surface area (Å²) in [5, 5.41) is 10.6. The van der Waals surface area contributed by atoms with Crippen LogP contribution in [-0.2, 0) is 0 Å².